The van der Waals surface area contributed by atoms with Crippen LogP contribution in [0.15, 0.2) is 22.7 Å². The van der Waals surface area contributed by atoms with Crippen molar-refractivity contribution >= 4 is 21.6 Å². The number of nitrogens with two attached hydrogens (primary N) is 1. The number of nitrogens with zero attached hydrogens (tertiary/aromatic N) is 2. The van der Waals surface area contributed by atoms with Crippen LogP contribution in [0.2, 0.25) is 0 Å². The van der Waals surface area contributed by atoms with E-state index in [0.29, 0.717) is 6.04 Å². The predicted octanol–water partition coefficient (Wildman–Crippen LogP) is 1.84. The van der Waals surface area contributed by atoms with Crippen LogP contribution in [-0.4, -0.2) is 44.2 Å². The van der Waals surface area contributed by atoms with Crippen molar-refractivity contribution in [2.45, 2.75) is 13.0 Å². The molecule has 1 unspecified atom stereocenters. The Balaban J connectivity index is 2.14. The number of benzene rings is 1. The first-order valence-corrected chi connectivity index (χ1v) is 6.82. The van der Waals surface area contributed by atoms with E-state index in [1.165, 1.54) is 15.7 Å². The number of piperazine rings is 1. The number of hydrogen-bond donors (Lipinski definition) is 1. The number of likely N-dealkylation sites (N-methyl/N-ethyl adjacent to an activating group) is 1. The largest absolute Gasteiger partial charge is 0.369 e. The van der Waals surface area contributed by atoms with Gasteiger partial charge in [-0.2, -0.15) is 0 Å². The molecule has 1 aliphatic heterocycles. The van der Waals surface area contributed by atoms with E-state index >= 15 is 0 Å². The predicted molar refractivity (Wildman–Crippen MR) is 76.6 cm³/mol. The van der Waals surface area contributed by atoms with E-state index in [1.54, 1.807) is 0 Å². The van der Waals surface area contributed by atoms with Crippen molar-refractivity contribution < 1.29 is 0 Å². The molecule has 1 aromatic rings. The van der Waals surface area contributed by atoms with E-state index in [-0.39, 0.29) is 0 Å². The molecule has 0 saturated carbocycles. The van der Waals surface area contributed by atoms with Crippen LogP contribution in [0.3, 0.4) is 0 Å². The Labute approximate surface area is 112 Å². The number of anilines is 1. The van der Waals surface area contributed by atoms with Crippen LogP contribution in [0.25, 0.3) is 0 Å². The standard InChI is InChI=1S/C13H20BrN3/c1-10-7-11(3-4-13(10)14)17-6-5-16(2)12(8-15)9-17/h3-4,7,12H,5-6,8-9,15H2,1-2H3. The minimum Gasteiger partial charge on any atom is -0.369 e. The summed E-state index contributed by atoms with van der Waals surface area (Å²) >= 11 is 3.54. The number of rotatable bonds is 2. The lowest BCUT2D eigenvalue weighted by molar-refractivity contribution is 0.224. The smallest absolute Gasteiger partial charge is 0.0391 e. The maximum atomic E-state index is 5.81. The van der Waals surface area contributed by atoms with Crippen LogP contribution in [-0.2, 0) is 0 Å². The summed E-state index contributed by atoms with van der Waals surface area (Å²) in [5, 5.41) is 0. The summed E-state index contributed by atoms with van der Waals surface area (Å²) in [6.07, 6.45) is 0. The van der Waals surface area contributed by atoms with Crippen LogP contribution in [0, 0.1) is 6.92 Å². The molecule has 2 N–H and O–H groups in total. The molecule has 1 aromatic carbocycles. The van der Waals surface area contributed by atoms with E-state index < -0.39 is 0 Å². The molecule has 0 bridgehead atoms. The summed E-state index contributed by atoms with van der Waals surface area (Å²) in [5.41, 5.74) is 8.40. The van der Waals surface area contributed by atoms with E-state index in [9.17, 15) is 0 Å². The zero-order chi connectivity index (χ0) is 12.4. The van der Waals surface area contributed by atoms with Crippen LogP contribution >= 0.6 is 15.9 Å². The average Bonchev–Trinajstić information content (AvgIpc) is 2.33. The van der Waals surface area contributed by atoms with Gasteiger partial charge in [-0.1, -0.05) is 15.9 Å². The van der Waals surface area contributed by atoms with Gasteiger partial charge in [0.15, 0.2) is 0 Å². The Morgan fingerprint density at radius 1 is 1.41 bits per heavy atom. The molecule has 0 radical (unpaired) electrons. The van der Waals surface area contributed by atoms with E-state index in [4.69, 9.17) is 5.73 Å². The van der Waals surface area contributed by atoms with Crippen LogP contribution in [0.1, 0.15) is 5.56 Å². The minimum atomic E-state index is 0.465. The van der Waals surface area contributed by atoms with Gasteiger partial charge in [-0.15, -0.1) is 0 Å². The molecule has 0 amide bonds. The van der Waals surface area contributed by atoms with Gasteiger partial charge in [0, 0.05) is 42.4 Å². The van der Waals surface area contributed by atoms with E-state index in [0.717, 1.165) is 26.2 Å². The van der Waals surface area contributed by atoms with Crippen LogP contribution < -0.4 is 10.6 Å². The van der Waals surface area contributed by atoms with Gasteiger partial charge < -0.3 is 10.6 Å². The highest BCUT2D eigenvalue weighted by Crippen LogP contribution is 2.24. The monoisotopic (exact) mass is 297 g/mol. The number of hydrogen-bond acceptors (Lipinski definition) is 3. The summed E-state index contributed by atoms with van der Waals surface area (Å²) in [6, 6.07) is 7.01. The maximum Gasteiger partial charge on any atom is 0.0391 e. The fourth-order valence-corrected chi connectivity index (χ4v) is 2.51. The van der Waals surface area contributed by atoms with Crippen molar-refractivity contribution in [2.24, 2.45) is 5.73 Å². The van der Waals surface area contributed by atoms with Crippen molar-refractivity contribution in [1.29, 1.82) is 0 Å². The lowest BCUT2D eigenvalue weighted by Gasteiger charge is -2.40. The molecular formula is C13H20BrN3. The maximum absolute atomic E-state index is 5.81. The lowest BCUT2D eigenvalue weighted by atomic mass is 10.1. The Kier molecular flexibility index (Phi) is 4.07. The molecule has 0 aliphatic carbocycles. The molecule has 1 atom stereocenters. The Morgan fingerprint density at radius 2 is 2.18 bits per heavy atom. The first kappa shape index (κ1) is 12.9. The third kappa shape index (κ3) is 2.81. The number of halogens is 1. The van der Waals surface area contributed by atoms with Gasteiger partial charge in [-0.25, -0.2) is 0 Å². The molecule has 0 spiro atoms. The van der Waals surface area contributed by atoms with Crippen molar-refractivity contribution in [1.82, 2.24) is 4.90 Å². The molecule has 94 valence electrons. The van der Waals surface area contributed by atoms with Gasteiger partial charge in [0.2, 0.25) is 0 Å². The SMILES string of the molecule is Cc1cc(N2CCN(C)C(CN)C2)ccc1Br. The molecule has 2 rings (SSSR count). The Morgan fingerprint density at radius 3 is 2.82 bits per heavy atom. The summed E-state index contributed by atoms with van der Waals surface area (Å²) in [5.74, 6) is 0. The third-order valence-electron chi connectivity index (χ3n) is 3.56. The van der Waals surface area contributed by atoms with Gasteiger partial charge in [0.1, 0.15) is 0 Å². The molecular weight excluding hydrogens is 278 g/mol. The first-order valence-electron chi connectivity index (χ1n) is 6.03. The molecule has 1 heterocycles. The fraction of sp³-hybridized carbons (Fsp3) is 0.538. The first-order chi connectivity index (χ1) is 8.11. The molecule has 1 saturated heterocycles. The molecule has 3 nitrogen and oxygen atoms in total. The Hall–Kier alpha value is -0.580. The number of aryl methyl sites for hydroxylation is 1. The second-order valence-electron chi connectivity index (χ2n) is 4.75. The van der Waals surface area contributed by atoms with Gasteiger partial charge in [0.25, 0.3) is 0 Å². The lowest BCUT2D eigenvalue weighted by Crippen LogP contribution is -2.54. The van der Waals surface area contributed by atoms with Crippen LogP contribution in [0.4, 0.5) is 5.69 Å². The molecule has 1 fully saturated rings. The summed E-state index contributed by atoms with van der Waals surface area (Å²) < 4.78 is 1.17. The second-order valence-corrected chi connectivity index (χ2v) is 5.60. The van der Waals surface area contributed by atoms with Crippen molar-refractivity contribution in [3.8, 4) is 0 Å². The van der Waals surface area contributed by atoms with Crippen molar-refractivity contribution in [2.75, 3.05) is 38.1 Å². The highest BCUT2D eigenvalue weighted by molar-refractivity contribution is 9.10. The minimum absolute atomic E-state index is 0.465. The summed E-state index contributed by atoms with van der Waals surface area (Å²) in [6.45, 7) is 6.03. The summed E-state index contributed by atoms with van der Waals surface area (Å²) in [7, 11) is 2.15. The van der Waals surface area contributed by atoms with Gasteiger partial charge >= 0.3 is 0 Å². The zero-order valence-electron chi connectivity index (χ0n) is 10.5. The van der Waals surface area contributed by atoms with Crippen molar-refractivity contribution in [3.05, 3.63) is 28.2 Å². The highest BCUT2D eigenvalue weighted by atomic mass is 79.9. The van der Waals surface area contributed by atoms with Gasteiger partial charge in [-0.05, 0) is 37.7 Å². The van der Waals surface area contributed by atoms with E-state index in [1.807, 2.05) is 0 Å². The molecule has 4 heteroatoms. The normalized spacial score (nSPS) is 21.9. The fourth-order valence-electron chi connectivity index (χ4n) is 2.26. The molecule has 0 aromatic heterocycles. The van der Waals surface area contributed by atoms with Crippen LogP contribution in [0.5, 0.6) is 0 Å². The van der Waals surface area contributed by atoms with Gasteiger partial charge in [-0.3, -0.25) is 4.90 Å². The Bertz CT molecular complexity index is 394. The average molecular weight is 298 g/mol. The highest BCUT2D eigenvalue weighted by Gasteiger charge is 2.23. The van der Waals surface area contributed by atoms with Gasteiger partial charge in [0.05, 0.1) is 0 Å². The topological polar surface area (TPSA) is 32.5 Å². The second kappa shape index (κ2) is 5.38. The quantitative estimate of drug-likeness (QED) is 0.904. The van der Waals surface area contributed by atoms with E-state index in [2.05, 4.69) is 57.9 Å². The summed E-state index contributed by atoms with van der Waals surface area (Å²) in [4.78, 5) is 4.78. The molecule has 17 heavy (non-hydrogen) atoms. The van der Waals surface area contributed by atoms with Crippen molar-refractivity contribution in [3.63, 3.8) is 0 Å². The zero-order valence-corrected chi connectivity index (χ0v) is 12.1. The molecule has 1 aliphatic rings. The third-order valence-corrected chi connectivity index (χ3v) is 4.45.